The minimum Gasteiger partial charge on any atom is -0.449 e. The zero-order chi connectivity index (χ0) is 23.6. The summed E-state index contributed by atoms with van der Waals surface area (Å²) in [5.41, 5.74) is 2.58. The summed E-state index contributed by atoms with van der Waals surface area (Å²) in [4.78, 5) is 12.9. The summed E-state index contributed by atoms with van der Waals surface area (Å²) in [6.07, 6.45) is 1.90. The first-order valence-electron chi connectivity index (χ1n) is 11.0. The maximum atomic E-state index is 13.1. The van der Waals surface area contributed by atoms with Crippen LogP contribution in [-0.2, 0) is 14.8 Å². The molecule has 1 aliphatic rings. The van der Waals surface area contributed by atoms with E-state index in [-0.39, 0.29) is 16.3 Å². The van der Waals surface area contributed by atoms with E-state index >= 15 is 0 Å². The van der Waals surface area contributed by atoms with Gasteiger partial charge in [0.2, 0.25) is 15.9 Å². The quantitative estimate of drug-likeness (QED) is 0.492. The number of aromatic nitrogens is 2. The molecule has 9 heteroatoms. The van der Waals surface area contributed by atoms with E-state index in [0.717, 1.165) is 30.4 Å². The van der Waals surface area contributed by atoms with Crippen LogP contribution in [0, 0.1) is 13.8 Å². The highest BCUT2D eigenvalue weighted by Crippen LogP contribution is 2.27. The smallest absolute Gasteiger partial charge is 0.338 e. The lowest BCUT2D eigenvalue weighted by Gasteiger charge is -2.26. The van der Waals surface area contributed by atoms with Crippen LogP contribution in [0.3, 0.4) is 0 Å². The van der Waals surface area contributed by atoms with E-state index in [4.69, 9.17) is 9.15 Å². The third-order valence-corrected chi connectivity index (χ3v) is 7.73. The van der Waals surface area contributed by atoms with Gasteiger partial charge in [-0.25, -0.2) is 13.2 Å². The second kappa shape index (κ2) is 9.44. The van der Waals surface area contributed by atoms with E-state index in [9.17, 15) is 13.2 Å². The van der Waals surface area contributed by atoms with Gasteiger partial charge in [0.1, 0.15) is 0 Å². The van der Waals surface area contributed by atoms with Gasteiger partial charge in [-0.2, -0.15) is 4.31 Å². The van der Waals surface area contributed by atoms with Crippen molar-refractivity contribution in [3.8, 4) is 11.5 Å². The third-order valence-electron chi connectivity index (χ3n) is 5.69. The molecular formula is C24H27N3O5S. The number of hydrogen-bond donors (Lipinski definition) is 0. The van der Waals surface area contributed by atoms with E-state index in [1.807, 2.05) is 31.2 Å². The molecule has 33 heavy (non-hydrogen) atoms. The molecule has 174 valence electrons. The molecule has 0 spiro atoms. The highest BCUT2D eigenvalue weighted by Gasteiger charge is 2.29. The number of carbonyl (C=O) groups excluding carboxylic acids is 1. The highest BCUT2D eigenvalue weighted by molar-refractivity contribution is 7.89. The van der Waals surface area contributed by atoms with Crippen molar-refractivity contribution in [2.45, 2.75) is 51.0 Å². The van der Waals surface area contributed by atoms with E-state index < -0.39 is 22.1 Å². The fourth-order valence-corrected chi connectivity index (χ4v) is 5.59. The van der Waals surface area contributed by atoms with Crippen LogP contribution in [0.2, 0.25) is 0 Å². The monoisotopic (exact) mass is 469 g/mol. The molecule has 2 aromatic carbocycles. The molecule has 0 N–H and O–H groups in total. The van der Waals surface area contributed by atoms with Gasteiger partial charge in [0, 0.05) is 18.7 Å². The van der Waals surface area contributed by atoms with Crippen LogP contribution in [0.15, 0.2) is 51.8 Å². The molecule has 0 bridgehead atoms. The van der Waals surface area contributed by atoms with Crippen LogP contribution in [0.4, 0.5) is 0 Å². The molecule has 1 aromatic heterocycles. The van der Waals surface area contributed by atoms with Gasteiger partial charge in [-0.3, -0.25) is 0 Å². The first-order chi connectivity index (χ1) is 15.8. The number of benzene rings is 2. The van der Waals surface area contributed by atoms with Crippen molar-refractivity contribution in [1.82, 2.24) is 14.5 Å². The molecule has 0 aliphatic carbocycles. The Kier molecular flexibility index (Phi) is 6.62. The predicted octanol–water partition coefficient (Wildman–Crippen LogP) is 4.45. The van der Waals surface area contributed by atoms with Crippen molar-refractivity contribution in [1.29, 1.82) is 0 Å². The maximum Gasteiger partial charge on any atom is 0.338 e. The van der Waals surface area contributed by atoms with E-state index in [0.29, 0.717) is 24.5 Å². The minimum absolute atomic E-state index is 0.131. The molecule has 0 amide bonds. The SMILES string of the molecule is Cc1cccc(-c2nnc([C@@H](C)OC(=O)c3ccc(C)c(S(=O)(=O)N4CCCCC4)c3)o2)c1. The fraction of sp³-hybridized carbons (Fsp3) is 0.375. The molecule has 1 atom stereocenters. The number of carbonyl (C=O) groups is 1. The Balaban J connectivity index is 1.51. The Bertz CT molecular complexity index is 1260. The van der Waals surface area contributed by atoms with E-state index in [2.05, 4.69) is 10.2 Å². The third kappa shape index (κ3) is 4.99. The first kappa shape index (κ1) is 23.1. The summed E-state index contributed by atoms with van der Waals surface area (Å²) in [5, 5.41) is 8.05. The number of sulfonamides is 1. The Morgan fingerprint density at radius 2 is 1.82 bits per heavy atom. The Morgan fingerprint density at radius 3 is 2.55 bits per heavy atom. The molecule has 1 fully saturated rings. The summed E-state index contributed by atoms with van der Waals surface area (Å²) in [6.45, 7) is 6.30. The zero-order valence-electron chi connectivity index (χ0n) is 18.9. The van der Waals surface area contributed by atoms with Gasteiger partial charge in [-0.15, -0.1) is 10.2 Å². The molecule has 0 radical (unpaired) electrons. The minimum atomic E-state index is -3.68. The normalized spacial score (nSPS) is 15.8. The molecule has 1 aliphatic heterocycles. The van der Waals surface area contributed by atoms with Gasteiger partial charge in [0.05, 0.1) is 10.5 Å². The zero-order valence-corrected chi connectivity index (χ0v) is 19.8. The van der Waals surface area contributed by atoms with Gasteiger partial charge in [0.15, 0.2) is 6.10 Å². The lowest BCUT2D eigenvalue weighted by Crippen LogP contribution is -2.36. The Hall–Kier alpha value is -3.04. The Morgan fingerprint density at radius 1 is 1.06 bits per heavy atom. The van der Waals surface area contributed by atoms with Crippen molar-refractivity contribution >= 4 is 16.0 Å². The van der Waals surface area contributed by atoms with Gasteiger partial charge < -0.3 is 9.15 Å². The fourth-order valence-electron chi connectivity index (χ4n) is 3.82. The first-order valence-corrected chi connectivity index (χ1v) is 12.4. The van der Waals surface area contributed by atoms with Crippen molar-refractivity contribution in [2.24, 2.45) is 0 Å². The second-order valence-corrected chi connectivity index (χ2v) is 10.2. The number of nitrogens with zero attached hydrogens (tertiary/aromatic N) is 3. The van der Waals surface area contributed by atoms with Gasteiger partial charge >= 0.3 is 5.97 Å². The molecule has 0 saturated carbocycles. The predicted molar refractivity (Wildman–Crippen MR) is 122 cm³/mol. The summed E-state index contributed by atoms with van der Waals surface area (Å²) in [5.74, 6) is -0.164. The maximum absolute atomic E-state index is 13.1. The van der Waals surface area contributed by atoms with Gasteiger partial charge in [-0.1, -0.05) is 30.2 Å². The molecule has 0 unspecified atom stereocenters. The average molecular weight is 470 g/mol. The standard InChI is InChI=1S/C24H27N3O5S/c1-16-8-7-9-19(14-16)23-26-25-22(32-23)18(3)31-24(28)20-11-10-17(2)21(15-20)33(29,30)27-12-5-4-6-13-27/h7-11,14-15,18H,4-6,12-13H2,1-3H3/t18-/m1/s1. The van der Waals surface area contributed by atoms with E-state index in [1.165, 1.54) is 10.4 Å². The number of rotatable bonds is 6. The van der Waals surface area contributed by atoms with Crippen LogP contribution in [0.25, 0.3) is 11.5 Å². The number of hydrogen-bond acceptors (Lipinski definition) is 7. The lowest BCUT2D eigenvalue weighted by atomic mass is 10.1. The summed E-state index contributed by atoms with van der Waals surface area (Å²) in [6, 6.07) is 12.2. The van der Waals surface area contributed by atoms with Crippen LogP contribution in [-0.4, -0.2) is 42.0 Å². The van der Waals surface area contributed by atoms with Crippen molar-refractivity contribution < 1.29 is 22.4 Å². The molecule has 1 saturated heterocycles. The summed E-state index contributed by atoms with van der Waals surface area (Å²) in [7, 11) is -3.68. The Labute approximate surface area is 193 Å². The van der Waals surface area contributed by atoms with E-state index in [1.54, 1.807) is 26.0 Å². The van der Waals surface area contributed by atoms with Crippen LogP contribution < -0.4 is 0 Å². The largest absolute Gasteiger partial charge is 0.449 e. The van der Waals surface area contributed by atoms with Gasteiger partial charge in [-0.05, 0) is 63.4 Å². The lowest BCUT2D eigenvalue weighted by molar-refractivity contribution is 0.0279. The molecule has 2 heterocycles. The van der Waals surface area contributed by atoms with Crippen LogP contribution >= 0.6 is 0 Å². The van der Waals surface area contributed by atoms with Crippen molar-refractivity contribution in [3.63, 3.8) is 0 Å². The van der Waals surface area contributed by atoms with Crippen LogP contribution in [0.5, 0.6) is 0 Å². The van der Waals surface area contributed by atoms with Crippen LogP contribution in [0.1, 0.15) is 59.7 Å². The highest BCUT2D eigenvalue weighted by atomic mass is 32.2. The number of aryl methyl sites for hydroxylation is 2. The molecule has 8 nitrogen and oxygen atoms in total. The number of piperidine rings is 1. The number of esters is 1. The molecule has 3 aromatic rings. The van der Waals surface area contributed by atoms with Crippen molar-refractivity contribution in [2.75, 3.05) is 13.1 Å². The molecule has 4 rings (SSSR count). The number of ether oxygens (including phenoxy) is 1. The topological polar surface area (TPSA) is 103 Å². The second-order valence-electron chi connectivity index (χ2n) is 8.31. The summed E-state index contributed by atoms with van der Waals surface area (Å²) < 4.78 is 38.9. The van der Waals surface area contributed by atoms with Crippen molar-refractivity contribution in [3.05, 3.63) is 65.0 Å². The molecular weight excluding hydrogens is 442 g/mol. The average Bonchev–Trinajstić information content (AvgIpc) is 3.30. The van der Waals surface area contributed by atoms with Gasteiger partial charge in [0.25, 0.3) is 5.89 Å². The summed E-state index contributed by atoms with van der Waals surface area (Å²) >= 11 is 0.